The largest absolute Gasteiger partial charge is 0.384 e. The number of amidine groups is 1. The van der Waals surface area contributed by atoms with Gasteiger partial charge in [0, 0.05) is 41.4 Å². The van der Waals surface area contributed by atoms with Crippen molar-refractivity contribution in [3.63, 3.8) is 0 Å². The Labute approximate surface area is 116 Å². The highest BCUT2D eigenvalue weighted by Crippen LogP contribution is 2.26. The SMILES string of the molecule is CC1CN(c2ccc(Br)cc2C(=N)N)CCN1C. The van der Waals surface area contributed by atoms with Crippen LogP contribution in [-0.2, 0) is 0 Å². The van der Waals surface area contributed by atoms with Crippen LogP contribution < -0.4 is 10.6 Å². The molecule has 0 aliphatic carbocycles. The minimum absolute atomic E-state index is 0.123. The van der Waals surface area contributed by atoms with Crippen LogP contribution in [0.5, 0.6) is 0 Å². The van der Waals surface area contributed by atoms with Crippen LogP contribution in [-0.4, -0.2) is 43.5 Å². The molecular weight excluding hydrogens is 292 g/mol. The lowest BCUT2D eigenvalue weighted by molar-refractivity contribution is 0.234. The quantitative estimate of drug-likeness (QED) is 0.648. The number of nitrogens with one attached hydrogen (secondary N) is 1. The van der Waals surface area contributed by atoms with E-state index in [1.807, 2.05) is 18.2 Å². The van der Waals surface area contributed by atoms with Crippen molar-refractivity contribution in [3.05, 3.63) is 28.2 Å². The Balaban J connectivity index is 2.30. The molecule has 5 heteroatoms. The summed E-state index contributed by atoms with van der Waals surface area (Å²) in [7, 11) is 2.15. The predicted molar refractivity (Wildman–Crippen MR) is 79.5 cm³/mol. The van der Waals surface area contributed by atoms with E-state index in [1.54, 1.807) is 0 Å². The summed E-state index contributed by atoms with van der Waals surface area (Å²) in [5, 5.41) is 7.70. The zero-order valence-corrected chi connectivity index (χ0v) is 12.4. The average molecular weight is 311 g/mol. The Bertz CT molecular complexity index is 460. The van der Waals surface area contributed by atoms with Crippen molar-refractivity contribution in [1.29, 1.82) is 5.41 Å². The van der Waals surface area contributed by atoms with Gasteiger partial charge in [-0.3, -0.25) is 5.41 Å². The predicted octanol–water partition coefficient (Wildman–Crippen LogP) is 1.87. The Morgan fingerprint density at radius 3 is 2.78 bits per heavy atom. The molecule has 0 saturated carbocycles. The molecule has 1 aliphatic heterocycles. The Kier molecular flexibility index (Phi) is 3.92. The molecule has 3 N–H and O–H groups in total. The van der Waals surface area contributed by atoms with Crippen molar-refractivity contribution < 1.29 is 0 Å². The Hall–Kier alpha value is -1.07. The number of nitrogen functional groups attached to an aromatic ring is 1. The average Bonchev–Trinajstić information content (AvgIpc) is 2.32. The van der Waals surface area contributed by atoms with Gasteiger partial charge >= 0.3 is 0 Å². The summed E-state index contributed by atoms with van der Waals surface area (Å²) in [5.74, 6) is 0.123. The van der Waals surface area contributed by atoms with Crippen molar-refractivity contribution in [1.82, 2.24) is 4.90 Å². The van der Waals surface area contributed by atoms with Crippen LogP contribution in [0.4, 0.5) is 5.69 Å². The van der Waals surface area contributed by atoms with Crippen LogP contribution in [0.1, 0.15) is 12.5 Å². The summed E-state index contributed by atoms with van der Waals surface area (Å²) in [6.45, 7) is 5.20. The molecule has 1 heterocycles. The number of hydrogen-bond donors (Lipinski definition) is 2. The fourth-order valence-corrected chi connectivity index (χ4v) is 2.63. The molecule has 4 nitrogen and oxygen atoms in total. The van der Waals surface area contributed by atoms with Crippen LogP contribution in [0, 0.1) is 5.41 Å². The normalized spacial score (nSPS) is 21.1. The van der Waals surface area contributed by atoms with Gasteiger partial charge in [-0.2, -0.15) is 0 Å². The zero-order valence-electron chi connectivity index (χ0n) is 10.8. The lowest BCUT2D eigenvalue weighted by Crippen LogP contribution is -2.50. The maximum absolute atomic E-state index is 7.70. The van der Waals surface area contributed by atoms with Crippen LogP contribution in [0.25, 0.3) is 0 Å². The molecule has 1 aromatic carbocycles. The molecule has 18 heavy (non-hydrogen) atoms. The third-order valence-electron chi connectivity index (χ3n) is 3.55. The van der Waals surface area contributed by atoms with Gasteiger partial charge in [0.1, 0.15) is 5.84 Å². The number of rotatable bonds is 2. The van der Waals surface area contributed by atoms with E-state index < -0.39 is 0 Å². The van der Waals surface area contributed by atoms with Crippen molar-refractivity contribution >= 4 is 27.5 Å². The van der Waals surface area contributed by atoms with E-state index >= 15 is 0 Å². The maximum Gasteiger partial charge on any atom is 0.124 e. The molecule has 0 bridgehead atoms. The first kappa shape index (κ1) is 13.4. The highest BCUT2D eigenvalue weighted by Gasteiger charge is 2.22. The van der Waals surface area contributed by atoms with Crippen LogP contribution in [0.2, 0.25) is 0 Å². The minimum Gasteiger partial charge on any atom is -0.384 e. The monoisotopic (exact) mass is 310 g/mol. The maximum atomic E-state index is 7.70. The number of benzene rings is 1. The second-order valence-corrected chi connectivity index (χ2v) is 5.77. The number of likely N-dealkylation sites (N-methyl/N-ethyl adjacent to an activating group) is 1. The number of hydrogen-bond acceptors (Lipinski definition) is 3. The summed E-state index contributed by atoms with van der Waals surface area (Å²) >= 11 is 3.43. The molecule has 1 saturated heterocycles. The van der Waals surface area contributed by atoms with E-state index in [4.69, 9.17) is 11.1 Å². The number of anilines is 1. The molecule has 1 fully saturated rings. The summed E-state index contributed by atoms with van der Waals surface area (Å²) in [6.07, 6.45) is 0. The third-order valence-corrected chi connectivity index (χ3v) is 4.04. The van der Waals surface area contributed by atoms with E-state index in [-0.39, 0.29) is 5.84 Å². The van der Waals surface area contributed by atoms with Gasteiger partial charge in [-0.15, -0.1) is 0 Å². The lowest BCUT2D eigenvalue weighted by atomic mass is 10.1. The second-order valence-electron chi connectivity index (χ2n) is 4.85. The van der Waals surface area contributed by atoms with Crippen LogP contribution in [0.15, 0.2) is 22.7 Å². The van der Waals surface area contributed by atoms with Gasteiger partial charge in [-0.1, -0.05) is 15.9 Å². The molecular formula is C13H19BrN4. The number of piperazine rings is 1. The molecule has 1 aromatic rings. The molecule has 2 rings (SSSR count). The second kappa shape index (κ2) is 5.28. The number of nitrogens with zero attached hydrogens (tertiary/aromatic N) is 2. The fourth-order valence-electron chi connectivity index (χ4n) is 2.27. The number of nitrogens with two attached hydrogens (primary N) is 1. The van der Waals surface area contributed by atoms with Crippen molar-refractivity contribution in [3.8, 4) is 0 Å². The fraction of sp³-hybridized carbons (Fsp3) is 0.462. The van der Waals surface area contributed by atoms with Crippen molar-refractivity contribution in [2.75, 3.05) is 31.6 Å². The van der Waals surface area contributed by atoms with Gasteiger partial charge in [0.25, 0.3) is 0 Å². The van der Waals surface area contributed by atoms with Gasteiger partial charge in [-0.05, 0) is 32.2 Å². The Morgan fingerprint density at radius 1 is 1.44 bits per heavy atom. The molecule has 1 atom stereocenters. The minimum atomic E-state index is 0.123. The van der Waals surface area contributed by atoms with E-state index in [9.17, 15) is 0 Å². The molecule has 0 amide bonds. The molecule has 0 spiro atoms. The molecule has 0 radical (unpaired) electrons. The summed E-state index contributed by atoms with van der Waals surface area (Å²) in [6, 6.07) is 6.48. The summed E-state index contributed by atoms with van der Waals surface area (Å²) < 4.78 is 0.957. The zero-order chi connectivity index (χ0) is 13.3. The van der Waals surface area contributed by atoms with E-state index in [0.29, 0.717) is 6.04 Å². The third kappa shape index (κ3) is 2.67. The first-order chi connectivity index (χ1) is 8.49. The molecule has 1 aliphatic rings. The van der Waals surface area contributed by atoms with Crippen LogP contribution in [0.3, 0.4) is 0 Å². The first-order valence-corrected chi connectivity index (χ1v) is 6.87. The Morgan fingerprint density at radius 2 is 2.17 bits per heavy atom. The van der Waals surface area contributed by atoms with Crippen molar-refractivity contribution in [2.24, 2.45) is 5.73 Å². The standard InChI is InChI=1S/C13H19BrN4/c1-9-8-18(6-5-17(9)2)12-4-3-10(14)7-11(12)13(15)16/h3-4,7,9H,5-6,8H2,1-2H3,(H3,15,16). The molecule has 0 aromatic heterocycles. The van der Waals surface area contributed by atoms with Gasteiger partial charge in [-0.25, -0.2) is 0 Å². The van der Waals surface area contributed by atoms with Gasteiger partial charge < -0.3 is 15.5 Å². The van der Waals surface area contributed by atoms with Gasteiger partial charge in [0.2, 0.25) is 0 Å². The highest BCUT2D eigenvalue weighted by atomic mass is 79.9. The summed E-state index contributed by atoms with van der Waals surface area (Å²) in [5.41, 5.74) is 7.54. The first-order valence-electron chi connectivity index (χ1n) is 6.08. The number of halogens is 1. The van der Waals surface area contributed by atoms with Crippen molar-refractivity contribution in [2.45, 2.75) is 13.0 Å². The molecule has 1 unspecified atom stereocenters. The molecule has 98 valence electrons. The summed E-state index contributed by atoms with van der Waals surface area (Å²) in [4.78, 5) is 4.66. The van der Waals surface area contributed by atoms with Gasteiger partial charge in [0.15, 0.2) is 0 Å². The highest BCUT2D eigenvalue weighted by molar-refractivity contribution is 9.10. The lowest BCUT2D eigenvalue weighted by Gasteiger charge is -2.39. The van der Waals surface area contributed by atoms with E-state index in [0.717, 1.165) is 35.4 Å². The van der Waals surface area contributed by atoms with Gasteiger partial charge in [0.05, 0.1) is 0 Å². The topological polar surface area (TPSA) is 56.4 Å². The van der Waals surface area contributed by atoms with E-state index in [1.165, 1.54) is 0 Å². The van der Waals surface area contributed by atoms with E-state index in [2.05, 4.69) is 39.7 Å². The van der Waals surface area contributed by atoms with Crippen LogP contribution >= 0.6 is 15.9 Å². The smallest absolute Gasteiger partial charge is 0.124 e.